The SMILES string of the molecule is CC(C)CC[C@H](c1ccc(F)cc1F)N1CCNCC1. The molecule has 4 heteroatoms. The molecular weight excluding hydrogens is 258 g/mol. The van der Waals surface area contributed by atoms with E-state index in [-0.39, 0.29) is 6.04 Å². The number of nitrogens with zero attached hydrogens (tertiary/aromatic N) is 1. The molecule has 1 aliphatic rings. The fraction of sp³-hybridized carbons (Fsp3) is 0.625. The van der Waals surface area contributed by atoms with Crippen molar-refractivity contribution >= 4 is 0 Å². The second-order valence-corrected chi connectivity index (χ2v) is 5.94. The zero-order valence-electron chi connectivity index (χ0n) is 12.3. The van der Waals surface area contributed by atoms with Crippen molar-refractivity contribution in [2.75, 3.05) is 26.2 Å². The van der Waals surface area contributed by atoms with Crippen LogP contribution >= 0.6 is 0 Å². The van der Waals surface area contributed by atoms with Gasteiger partial charge < -0.3 is 5.32 Å². The minimum absolute atomic E-state index is 0.0556. The molecule has 20 heavy (non-hydrogen) atoms. The molecule has 1 atom stereocenters. The van der Waals surface area contributed by atoms with Gasteiger partial charge in [-0.05, 0) is 24.8 Å². The molecule has 1 aliphatic heterocycles. The Balaban J connectivity index is 2.19. The summed E-state index contributed by atoms with van der Waals surface area (Å²) in [5.74, 6) is -0.338. The van der Waals surface area contributed by atoms with E-state index < -0.39 is 11.6 Å². The molecular formula is C16H24F2N2. The molecule has 1 fully saturated rings. The molecule has 0 spiro atoms. The van der Waals surface area contributed by atoms with Crippen LogP contribution < -0.4 is 5.32 Å². The molecule has 0 amide bonds. The fourth-order valence-electron chi connectivity index (χ4n) is 2.79. The van der Waals surface area contributed by atoms with E-state index in [0.717, 1.165) is 45.1 Å². The van der Waals surface area contributed by atoms with Gasteiger partial charge in [0.2, 0.25) is 0 Å². The summed E-state index contributed by atoms with van der Waals surface area (Å²) in [6.07, 6.45) is 1.96. The van der Waals surface area contributed by atoms with Gasteiger partial charge in [-0.1, -0.05) is 19.9 Å². The Labute approximate surface area is 120 Å². The second kappa shape index (κ2) is 7.14. The van der Waals surface area contributed by atoms with E-state index in [2.05, 4.69) is 24.1 Å². The Morgan fingerprint density at radius 3 is 2.45 bits per heavy atom. The highest BCUT2D eigenvalue weighted by Crippen LogP contribution is 2.29. The normalized spacial score (nSPS) is 18.4. The van der Waals surface area contributed by atoms with Crippen molar-refractivity contribution in [2.45, 2.75) is 32.7 Å². The predicted octanol–water partition coefficient (Wildman–Crippen LogP) is 3.35. The van der Waals surface area contributed by atoms with E-state index in [1.54, 1.807) is 6.07 Å². The number of hydrogen-bond donors (Lipinski definition) is 1. The lowest BCUT2D eigenvalue weighted by molar-refractivity contribution is 0.156. The van der Waals surface area contributed by atoms with Gasteiger partial charge in [0.15, 0.2) is 0 Å². The quantitative estimate of drug-likeness (QED) is 0.891. The lowest BCUT2D eigenvalue weighted by Crippen LogP contribution is -2.45. The van der Waals surface area contributed by atoms with Crippen LogP contribution in [0, 0.1) is 17.6 Å². The monoisotopic (exact) mass is 282 g/mol. The molecule has 0 aromatic heterocycles. The Bertz CT molecular complexity index is 428. The molecule has 1 aromatic rings. The molecule has 1 aromatic carbocycles. The van der Waals surface area contributed by atoms with Gasteiger partial charge in [-0.2, -0.15) is 0 Å². The molecule has 0 radical (unpaired) electrons. The Morgan fingerprint density at radius 2 is 1.85 bits per heavy atom. The van der Waals surface area contributed by atoms with E-state index in [4.69, 9.17) is 0 Å². The van der Waals surface area contributed by atoms with Gasteiger partial charge >= 0.3 is 0 Å². The summed E-state index contributed by atoms with van der Waals surface area (Å²) in [5, 5.41) is 3.31. The van der Waals surface area contributed by atoms with Gasteiger partial charge in [-0.15, -0.1) is 0 Å². The van der Waals surface area contributed by atoms with Gasteiger partial charge in [0.1, 0.15) is 11.6 Å². The third-order valence-corrected chi connectivity index (χ3v) is 3.93. The Hall–Kier alpha value is -1.00. The highest BCUT2D eigenvalue weighted by molar-refractivity contribution is 5.22. The highest BCUT2D eigenvalue weighted by Gasteiger charge is 2.24. The molecule has 0 bridgehead atoms. The van der Waals surface area contributed by atoms with Gasteiger partial charge in [0, 0.05) is 43.9 Å². The summed E-state index contributed by atoms with van der Waals surface area (Å²) in [7, 11) is 0. The number of benzene rings is 1. The number of piperazine rings is 1. The minimum atomic E-state index is -0.505. The first kappa shape index (κ1) is 15.4. The van der Waals surface area contributed by atoms with E-state index in [1.807, 2.05) is 0 Å². The van der Waals surface area contributed by atoms with Crippen molar-refractivity contribution in [3.63, 3.8) is 0 Å². The Kier molecular flexibility index (Phi) is 5.49. The van der Waals surface area contributed by atoms with Crippen LogP contribution in [0.3, 0.4) is 0 Å². The van der Waals surface area contributed by atoms with Crippen LogP contribution in [-0.4, -0.2) is 31.1 Å². The van der Waals surface area contributed by atoms with Crippen molar-refractivity contribution in [3.8, 4) is 0 Å². The minimum Gasteiger partial charge on any atom is -0.314 e. The van der Waals surface area contributed by atoms with Crippen LogP contribution in [-0.2, 0) is 0 Å². The molecule has 0 saturated carbocycles. The highest BCUT2D eigenvalue weighted by atomic mass is 19.1. The molecule has 1 N–H and O–H groups in total. The molecule has 112 valence electrons. The second-order valence-electron chi connectivity index (χ2n) is 5.94. The molecule has 0 unspecified atom stereocenters. The third-order valence-electron chi connectivity index (χ3n) is 3.93. The van der Waals surface area contributed by atoms with Crippen LogP contribution in [0.5, 0.6) is 0 Å². The van der Waals surface area contributed by atoms with E-state index in [0.29, 0.717) is 11.5 Å². The molecule has 1 heterocycles. The largest absolute Gasteiger partial charge is 0.314 e. The lowest BCUT2D eigenvalue weighted by Gasteiger charge is -2.35. The van der Waals surface area contributed by atoms with Crippen molar-refractivity contribution < 1.29 is 8.78 Å². The summed E-state index contributed by atoms with van der Waals surface area (Å²) in [6.45, 7) is 8.05. The van der Waals surface area contributed by atoms with Gasteiger partial charge in [0.05, 0.1) is 0 Å². The van der Waals surface area contributed by atoms with Crippen molar-refractivity contribution in [2.24, 2.45) is 5.92 Å². The van der Waals surface area contributed by atoms with Crippen molar-refractivity contribution in [1.82, 2.24) is 10.2 Å². The first-order chi connectivity index (χ1) is 9.58. The van der Waals surface area contributed by atoms with Crippen molar-refractivity contribution in [3.05, 3.63) is 35.4 Å². The standard InChI is InChI=1S/C16H24F2N2/c1-12(2)3-6-16(20-9-7-19-8-10-20)14-5-4-13(17)11-15(14)18/h4-5,11-12,16,19H,3,6-10H2,1-2H3/t16-/m1/s1. The molecule has 2 nitrogen and oxygen atoms in total. The summed E-state index contributed by atoms with van der Waals surface area (Å²) in [6, 6.07) is 4.03. The van der Waals surface area contributed by atoms with Gasteiger partial charge in [-0.3, -0.25) is 4.90 Å². The number of rotatable bonds is 5. The predicted molar refractivity (Wildman–Crippen MR) is 77.6 cm³/mol. The lowest BCUT2D eigenvalue weighted by atomic mass is 9.95. The average molecular weight is 282 g/mol. The molecule has 2 rings (SSSR count). The van der Waals surface area contributed by atoms with Crippen LogP contribution in [0.1, 0.15) is 38.3 Å². The summed E-state index contributed by atoms with van der Waals surface area (Å²) in [5.41, 5.74) is 0.633. The van der Waals surface area contributed by atoms with Crippen LogP contribution in [0.2, 0.25) is 0 Å². The molecule has 1 saturated heterocycles. The maximum Gasteiger partial charge on any atom is 0.130 e. The summed E-state index contributed by atoms with van der Waals surface area (Å²) in [4.78, 5) is 2.31. The zero-order valence-corrected chi connectivity index (χ0v) is 12.3. The molecule has 0 aliphatic carbocycles. The first-order valence-electron chi connectivity index (χ1n) is 7.47. The smallest absolute Gasteiger partial charge is 0.130 e. The van der Waals surface area contributed by atoms with E-state index in [1.165, 1.54) is 6.07 Å². The maximum absolute atomic E-state index is 14.1. The number of nitrogens with one attached hydrogen (secondary N) is 1. The third kappa shape index (κ3) is 4.00. The Morgan fingerprint density at radius 1 is 1.15 bits per heavy atom. The van der Waals surface area contributed by atoms with Crippen LogP contribution in [0.15, 0.2) is 18.2 Å². The topological polar surface area (TPSA) is 15.3 Å². The van der Waals surface area contributed by atoms with Crippen LogP contribution in [0.25, 0.3) is 0 Å². The number of hydrogen-bond acceptors (Lipinski definition) is 2. The maximum atomic E-state index is 14.1. The van der Waals surface area contributed by atoms with Gasteiger partial charge in [-0.25, -0.2) is 8.78 Å². The van der Waals surface area contributed by atoms with Gasteiger partial charge in [0.25, 0.3) is 0 Å². The van der Waals surface area contributed by atoms with E-state index >= 15 is 0 Å². The summed E-state index contributed by atoms with van der Waals surface area (Å²) >= 11 is 0. The first-order valence-corrected chi connectivity index (χ1v) is 7.47. The number of halogens is 2. The van der Waals surface area contributed by atoms with E-state index in [9.17, 15) is 8.78 Å². The fourth-order valence-corrected chi connectivity index (χ4v) is 2.79. The zero-order chi connectivity index (χ0) is 14.5. The van der Waals surface area contributed by atoms with Crippen molar-refractivity contribution in [1.29, 1.82) is 0 Å². The average Bonchev–Trinajstić information content (AvgIpc) is 2.42. The summed E-state index contributed by atoms with van der Waals surface area (Å²) < 4.78 is 27.2. The van der Waals surface area contributed by atoms with Crippen LogP contribution in [0.4, 0.5) is 8.78 Å².